The van der Waals surface area contributed by atoms with Crippen molar-refractivity contribution in [2.45, 2.75) is 39.3 Å². The van der Waals surface area contributed by atoms with Gasteiger partial charge in [-0.1, -0.05) is 13.8 Å². The maximum atomic E-state index is 12.6. The minimum absolute atomic E-state index is 0.0880. The molecule has 0 saturated carbocycles. The summed E-state index contributed by atoms with van der Waals surface area (Å²) >= 11 is 0. The third-order valence-electron chi connectivity index (χ3n) is 3.22. The van der Waals surface area contributed by atoms with Crippen molar-refractivity contribution in [1.29, 1.82) is 0 Å². The molecule has 0 aromatic carbocycles. The Bertz CT molecular complexity index is 516. The molecule has 0 radical (unpaired) electrons. The average molecular weight is 308 g/mol. The topological polar surface area (TPSA) is 91.7 Å². The summed E-state index contributed by atoms with van der Waals surface area (Å²) in [5.74, 6) is -7.66. The van der Waals surface area contributed by atoms with Crippen molar-refractivity contribution in [3.8, 4) is 0 Å². The lowest BCUT2D eigenvalue weighted by Crippen LogP contribution is -2.38. The number of aliphatic hydroxyl groups is 1. The molecule has 0 bridgehead atoms. The molecule has 0 heterocycles. The average Bonchev–Trinajstić information content (AvgIpc) is 2.21. The molecule has 0 fully saturated rings. The van der Waals surface area contributed by atoms with E-state index >= 15 is 0 Å². The minimum atomic E-state index is -5.28. The van der Waals surface area contributed by atoms with Crippen LogP contribution in [0, 0.1) is 11.3 Å². The Balaban J connectivity index is 3.29. The second kappa shape index (κ2) is 5.50. The number of hydrogen-bond donors (Lipinski definition) is 2. The molecule has 1 aliphatic rings. The van der Waals surface area contributed by atoms with E-state index in [1.54, 1.807) is 13.8 Å². The number of aliphatic carboxylic acids is 1. The third kappa shape index (κ3) is 4.05. The van der Waals surface area contributed by atoms with Crippen LogP contribution in [0.4, 0.5) is 13.2 Å². The molecule has 1 unspecified atom stereocenters. The fourth-order valence-electron chi connectivity index (χ4n) is 2.40. The molecule has 2 N–H and O–H groups in total. The van der Waals surface area contributed by atoms with Gasteiger partial charge in [-0.15, -0.1) is 0 Å². The molecule has 5 nitrogen and oxygen atoms in total. The lowest BCUT2D eigenvalue weighted by atomic mass is 9.72. The van der Waals surface area contributed by atoms with E-state index in [2.05, 4.69) is 0 Å². The van der Waals surface area contributed by atoms with Crippen LogP contribution >= 0.6 is 0 Å². The molecule has 1 aliphatic carbocycles. The molecule has 1 atom stereocenters. The van der Waals surface area contributed by atoms with Gasteiger partial charge in [-0.05, 0) is 5.41 Å². The van der Waals surface area contributed by atoms with Crippen LogP contribution in [-0.4, -0.2) is 33.9 Å². The zero-order valence-corrected chi connectivity index (χ0v) is 11.5. The minimum Gasteiger partial charge on any atom is -0.512 e. The Hall–Kier alpha value is -1.86. The van der Waals surface area contributed by atoms with Crippen LogP contribution in [0.15, 0.2) is 11.3 Å². The molecule has 0 amide bonds. The summed E-state index contributed by atoms with van der Waals surface area (Å²) in [5, 5.41) is 18.5. The lowest BCUT2D eigenvalue weighted by Gasteiger charge is -2.31. The van der Waals surface area contributed by atoms with Gasteiger partial charge in [0.1, 0.15) is 5.76 Å². The maximum Gasteiger partial charge on any atom is 0.450 e. The number of rotatable bonds is 4. The summed E-state index contributed by atoms with van der Waals surface area (Å²) in [6.45, 7) is 3.27. The van der Waals surface area contributed by atoms with Gasteiger partial charge in [-0.3, -0.25) is 14.4 Å². The molecule has 0 saturated heterocycles. The van der Waals surface area contributed by atoms with Crippen molar-refractivity contribution >= 4 is 17.5 Å². The largest absolute Gasteiger partial charge is 0.512 e. The summed E-state index contributed by atoms with van der Waals surface area (Å²) in [6.07, 6.45) is -6.71. The van der Waals surface area contributed by atoms with E-state index in [9.17, 15) is 32.7 Å². The van der Waals surface area contributed by atoms with E-state index < -0.39 is 52.8 Å². The lowest BCUT2D eigenvalue weighted by molar-refractivity contribution is -0.175. The molecule has 0 aliphatic heterocycles. The molecule has 1 rings (SSSR count). The van der Waals surface area contributed by atoms with Crippen molar-refractivity contribution in [2.24, 2.45) is 11.3 Å². The van der Waals surface area contributed by atoms with Crippen molar-refractivity contribution < 1.29 is 37.8 Å². The van der Waals surface area contributed by atoms with Crippen molar-refractivity contribution in [2.75, 3.05) is 0 Å². The number of Topliss-reactive ketones (excluding diaryl/α,β-unsaturated/α-hetero) is 2. The van der Waals surface area contributed by atoms with Gasteiger partial charge in [0.2, 0.25) is 5.78 Å². The predicted octanol–water partition coefficient (Wildman–Crippen LogP) is 2.41. The van der Waals surface area contributed by atoms with Gasteiger partial charge >= 0.3 is 12.1 Å². The Morgan fingerprint density at radius 1 is 1.29 bits per heavy atom. The highest BCUT2D eigenvalue weighted by Crippen LogP contribution is 2.40. The van der Waals surface area contributed by atoms with Crippen LogP contribution in [0.25, 0.3) is 0 Å². The predicted molar refractivity (Wildman–Crippen MR) is 64.5 cm³/mol. The number of alkyl halides is 3. The zero-order valence-electron chi connectivity index (χ0n) is 11.5. The zero-order chi connectivity index (χ0) is 16.6. The fraction of sp³-hybridized carbons (Fsp3) is 0.615. The summed E-state index contributed by atoms with van der Waals surface area (Å²) in [5.41, 5.74) is -1.38. The molecule has 0 spiro atoms. The first-order valence-electron chi connectivity index (χ1n) is 6.13. The Morgan fingerprint density at radius 2 is 1.81 bits per heavy atom. The van der Waals surface area contributed by atoms with E-state index in [1.165, 1.54) is 0 Å². The number of allylic oxidation sites excluding steroid dienone is 2. The van der Waals surface area contributed by atoms with Gasteiger partial charge in [-0.2, -0.15) is 13.2 Å². The van der Waals surface area contributed by atoms with E-state index in [1.807, 2.05) is 0 Å². The molecule has 21 heavy (non-hydrogen) atoms. The fourth-order valence-corrected chi connectivity index (χ4v) is 2.40. The Kier molecular flexibility index (Phi) is 4.50. The Morgan fingerprint density at radius 3 is 2.19 bits per heavy atom. The molecule has 118 valence electrons. The van der Waals surface area contributed by atoms with Crippen molar-refractivity contribution in [1.82, 2.24) is 0 Å². The maximum absolute atomic E-state index is 12.6. The van der Waals surface area contributed by atoms with Crippen LogP contribution in [0.2, 0.25) is 0 Å². The quantitative estimate of drug-likeness (QED) is 0.832. The highest BCUT2D eigenvalue weighted by atomic mass is 19.4. The van der Waals surface area contributed by atoms with Gasteiger partial charge in [0.15, 0.2) is 5.78 Å². The van der Waals surface area contributed by atoms with Gasteiger partial charge in [0.05, 0.1) is 12.3 Å². The van der Waals surface area contributed by atoms with Crippen molar-refractivity contribution in [3.63, 3.8) is 0 Å². The summed E-state index contributed by atoms with van der Waals surface area (Å²) in [7, 11) is 0. The second-order valence-electron chi connectivity index (χ2n) is 5.81. The van der Waals surface area contributed by atoms with Crippen LogP contribution in [0.3, 0.4) is 0 Å². The van der Waals surface area contributed by atoms with Crippen LogP contribution < -0.4 is 0 Å². The molecule has 0 aromatic heterocycles. The van der Waals surface area contributed by atoms with Gasteiger partial charge < -0.3 is 10.2 Å². The highest BCUT2D eigenvalue weighted by molar-refractivity contribution is 6.05. The van der Waals surface area contributed by atoms with Crippen LogP contribution in [0.5, 0.6) is 0 Å². The summed E-state index contributed by atoms with van der Waals surface area (Å²) in [4.78, 5) is 34.0. The van der Waals surface area contributed by atoms with Gasteiger partial charge in [-0.25, -0.2) is 0 Å². The number of carbonyl (C=O) groups is 3. The monoisotopic (exact) mass is 308 g/mol. The SMILES string of the molecule is CC1(C)CC(=O)C(C(CC(=O)O)C(=O)C(F)(F)F)=C(O)C1. The highest BCUT2D eigenvalue weighted by Gasteiger charge is 2.49. The third-order valence-corrected chi connectivity index (χ3v) is 3.22. The first-order valence-corrected chi connectivity index (χ1v) is 6.13. The molecule has 0 aromatic rings. The smallest absolute Gasteiger partial charge is 0.450 e. The van der Waals surface area contributed by atoms with E-state index in [0.717, 1.165) is 0 Å². The van der Waals surface area contributed by atoms with E-state index in [0.29, 0.717) is 0 Å². The number of carboxylic acid groups (broad SMARTS) is 1. The number of halogens is 3. The first-order chi connectivity index (χ1) is 9.35. The van der Waals surface area contributed by atoms with E-state index in [4.69, 9.17) is 5.11 Å². The number of hydrogen-bond acceptors (Lipinski definition) is 4. The summed E-state index contributed by atoms with van der Waals surface area (Å²) < 4.78 is 37.7. The molecular formula is C13H15F3O5. The van der Waals surface area contributed by atoms with Crippen LogP contribution in [-0.2, 0) is 14.4 Å². The summed E-state index contributed by atoms with van der Waals surface area (Å²) in [6, 6.07) is 0. The van der Waals surface area contributed by atoms with Gasteiger partial charge in [0.25, 0.3) is 0 Å². The first kappa shape index (κ1) is 17.2. The van der Waals surface area contributed by atoms with Gasteiger partial charge in [0, 0.05) is 18.4 Å². The molecular weight excluding hydrogens is 293 g/mol. The van der Waals surface area contributed by atoms with E-state index in [-0.39, 0.29) is 12.8 Å². The number of ketones is 2. The second-order valence-corrected chi connectivity index (χ2v) is 5.81. The number of carbonyl (C=O) groups excluding carboxylic acids is 2. The van der Waals surface area contributed by atoms with Crippen LogP contribution in [0.1, 0.15) is 33.1 Å². The Labute approximate surface area is 118 Å². The standard InChI is InChI=1S/C13H15F3O5/c1-12(2)4-7(17)10(8(18)5-12)6(3-9(19)20)11(21)13(14,15)16/h6,17H,3-5H2,1-2H3,(H,19,20). The van der Waals surface area contributed by atoms with Crippen molar-refractivity contribution in [3.05, 3.63) is 11.3 Å². The molecule has 8 heteroatoms. The number of carboxylic acids is 1. The number of aliphatic hydroxyl groups excluding tert-OH is 1. The normalized spacial score (nSPS) is 20.3.